The Morgan fingerprint density at radius 3 is 2.87 bits per heavy atom. The quantitative estimate of drug-likeness (QED) is 0.669. The van der Waals surface area contributed by atoms with Gasteiger partial charge in [-0.1, -0.05) is 6.92 Å². The van der Waals surface area contributed by atoms with Crippen molar-refractivity contribution in [1.82, 2.24) is 5.32 Å². The molecule has 0 aliphatic carbocycles. The highest BCUT2D eigenvalue weighted by molar-refractivity contribution is 5.92. The van der Waals surface area contributed by atoms with Crippen molar-refractivity contribution in [1.29, 1.82) is 0 Å². The zero-order chi connectivity index (χ0) is 11.3. The first-order valence-corrected chi connectivity index (χ1v) is 4.73. The second kappa shape index (κ2) is 5.19. The molecule has 0 bridgehead atoms. The van der Waals surface area contributed by atoms with E-state index in [1.165, 1.54) is 12.1 Å². The van der Waals surface area contributed by atoms with Gasteiger partial charge in [-0.3, -0.25) is 0 Å². The number of nitrogen functional groups attached to an aromatic ring is 1. The second-order valence-electron chi connectivity index (χ2n) is 3.11. The van der Waals surface area contributed by atoms with Crippen LogP contribution in [0.3, 0.4) is 0 Å². The summed E-state index contributed by atoms with van der Waals surface area (Å²) < 4.78 is 12.7. The predicted octanol–water partition coefficient (Wildman–Crippen LogP) is 1.94. The van der Waals surface area contributed by atoms with Gasteiger partial charge in [-0.15, -0.1) is 0 Å². The van der Waals surface area contributed by atoms with E-state index in [1.54, 1.807) is 0 Å². The molecule has 0 heterocycles. The van der Waals surface area contributed by atoms with E-state index in [4.69, 9.17) is 5.73 Å². The zero-order valence-corrected chi connectivity index (χ0v) is 8.51. The average Bonchev–Trinajstić information content (AvgIpc) is 2.19. The third-order valence-electron chi connectivity index (χ3n) is 1.80. The average molecular weight is 211 g/mol. The standard InChI is InChI=1S/C10H14FN3O/c1-2-5-13-10(15)14-9-4-3-7(11)6-8(9)12/h3-4,6H,2,5,12H2,1H3,(H2,13,14,15). The molecule has 0 radical (unpaired) electrons. The van der Waals surface area contributed by atoms with Crippen LogP contribution in [0.1, 0.15) is 13.3 Å². The molecule has 82 valence electrons. The number of amides is 2. The smallest absolute Gasteiger partial charge is 0.319 e. The van der Waals surface area contributed by atoms with E-state index in [1.807, 2.05) is 6.92 Å². The minimum Gasteiger partial charge on any atom is -0.397 e. The lowest BCUT2D eigenvalue weighted by Crippen LogP contribution is -2.29. The van der Waals surface area contributed by atoms with E-state index in [2.05, 4.69) is 10.6 Å². The number of carbonyl (C=O) groups excluding carboxylic acids is 1. The zero-order valence-electron chi connectivity index (χ0n) is 8.51. The number of nitrogens with one attached hydrogen (secondary N) is 2. The molecule has 0 spiro atoms. The van der Waals surface area contributed by atoms with Gasteiger partial charge in [-0.05, 0) is 24.6 Å². The van der Waals surface area contributed by atoms with Crippen molar-refractivity contribution in [2.24, 2.45) is 0 Å². The fourth-order valence-electron chi connectivity index (χ4n) is 1.05. The topological polar surface area (TPSA) is 67.2 Å². The first-order valence-electron chi connectivity index (χ1n) is 4.73. The Hall–Kier alpha value is -1.78. The summed E-state index contributed by atoms with van der Waals surface area (Å²) in [5.74, 6) is -0.424. The third kappa shape index (κ3) is 3.46. The van der Waals surface area contributed by atoms with E-state index < -0.39 is 5.82 Å². The van der Waals surface area contributed by atoms with Crippen molar-refractivity contribution in [3.8, 4) is 0 Å². The van der Waals surface area contributed by atoms with Gasteiger partial charge in [0.15, 0.2) is 0 Å². The number of hydrogen-bond acceptors (Lipinski definition) is 2. The maximum atomic E-state index is 12.7. The van der Waals surface area contributed by atoms with E-state index in [0.717, 1.165) is 12.5 Å². The fraction of sp³-hybridized carbons (Fsp3) is 0.300. The molecule has 0 aromatic heterocycles. The first kappa shape index (κ1) is 11.3. The summed E-state index contributed by atoms with van der Waals surface area (Å²) in [4.78, 5) is 11.2. The molecular formula is C10H14FN3O. The van der Waals surface area contributed by atoms with E-state index >= 15 is 0 Å². The van der Waals surface area contributed by atoms with Gasteiger partial charge >= 0.3 is 6.03 Å². The van der Waals surface area contributed by atoms with E-state index in [9.17, 15) is 9.18 Å². The van der Waals surface area contributed by atoms with Crippen LogP contribution in [0, 0.1) is 5.82 Å². The van der Waals surface area contributed by atoms with Crippen LogP contribution in [0.4, 0.5) is 20.6 Å². The summed E-state index contributed by atoms with van der Waals surface area (Å²) in [5, 5.41) is 5.15. The number of urea groups is 1. The highest BCUT2D eigenvalue weighted by Gasteiger charge is 2.04. The van der Waals surface area contributed by atoms with E-state index in [-0.39, 0.29) is 11.7 Å². The van der Waals surface area contributed by atoms with Crippen molar-refractivity contribution in [3.63, 3.8) is 0 Å². The van der Waals surface area contributed by atoms with Gasteiger partial charge in [0, 0.05) is 6.54 Å². The molecule has 0 saturated carbocycles. The Morgan fingerprint density at radius 2 is 2.27 bits per heavy atom. The summed E-state index contributed by atoms with van der Waals surface area (Å²) in [6.07, 6.45) is 0.853. The van der Waals surface area contributed by atoms with Gasteiger partial charge in [0.1, 0.15) is 5.82 Å². The van der Waals surface area contributed by atoms with Gasteiger partial charge in [0.2, 0.25) is 0 Å². The van der Waals surface area contributed by atoms with Gasteiger partial charge in [0.05, 0.1) is 11.4 Å². The summed E-state index contributed by atoms with van der Waals surface area (Å²) in [6, 6.07) is 3.49. The molecule has 2 amide bonds. The molecule has 0 aliphatic rings. The van der Waals surface area contributed by atoms with Crippen molar-refractivity contribution in [2.45, 2.75) is 13.3 Å². The number of nitrogens with two attached hydrogens (primary N) is 1. The van der Waals surface area contributed by atoms with Gasteiger partial charge in [-0.25, -0.2) is 9.18 Å². The Bertz CT molecular complexity index is 355. The molecule has 4 N–H and O–H groups in total. The monoisotopic (exact) mass is 211 g/mol. The summed E-state index contributed by atoms with van der Waals surface area (Å²) in [5.41, 5.74) is 6.13. The van der Waals surface area contributed by atoms with Crippen LogP contribution < -0.4 is 16.4 Å². The van der Waals surface area contributed by atoms with Crippen LogP contribution in [0.15, 0.2) is 18.2 Å². The normalized spacial score (nSPS) is 9.73. The Balaban J connectivity index is 2.60. The maximum absolute atomic E-state index is 12.7. The number of benzene rings is 1. The maximum Gasteiger partial charge on any atom is 0.319 e. The molecule has 1 rings (SSSR count). The van der Waals surface area contributed by atoms with Crippen molar-refractivity contribution in [3.05, 3.63) is 24.0 Å². The van der Waals surface area contributed by atoms with Crippen molar-refractivity contribution in [2.75, 3.05) is 17.6 Å². The largest absolute Gasteiger partial charge is 0.397 e. The number of halogens is 1. The Kier molecular flexibility index (Phi) is 3.91. The summed E-state index contributed by atoms with van der Waals surface area (Å²) >= 11 is 0. The number of carbonyl (C=O) groups is 1. The van der Waals surface area contributed by atoms with E-state index in [0.29, 0.717) is 12.2 Å². The summed E-state index contributed by atoms with van der Waals surface area (Å²) in [7, 11) is 0. The molecular weight excluding hydrogens is 197 g/mol. The van der Waals surface area contributed by atoms with Crippen LogP contribution in [-0.4, -0.2) is 12.6 Å². The second-order valence-corrected chi connectivity index (χ2v) is 3.11. The van der Waals surface area contributed by atoms with Crippen molar-refractivity contribution >= 4 is 17.4 Å². The lowest BCUT2D eigenvalue weighted by molar-refractivity contribution is 0.252. The molecule has 1 aromatic rings. The lowest BCUT2D eigenvalue weighted by Gasteiger charge is -2.08. The highest BCUT2D eigenvalue weighted by atomic mass is 19.1. The number of hydrogen-bond donors (Lipinski definition) is 3. The number of rotatable bonds is 3. The molecule has 0 aliphatic heterocycles. The van der Waals surface area contributed by atoms with Gasteiger partial charge in [0.25, 0.3) is 0 Å². The molecule has 0 saturated heterocycles. The van der Waals surface area contributed by atoms with Crippen molar-refractivity contribution < 1.29 is 9.18 Å². The van der Waals surface area contributed by atoms with Gasteiger partial charge < -0.3 is 16.4 Å². The SMILES string of the molecule is CCCNC(=O)Nc1ccc(F)cc1N. The Morgan fingerprint density at radius 1 is 1.53 bits per heavy atom. The highest BCUT2D eigenvalue weighted by Crippen LogP contribution is 2.18. The molecule has 15 heavy (non-hydrogen) atoms. The third-order valence-corrected chi connectivity index (χ3v) is 1.80. The molecule has 4 nitrogen and oxygen atoms in total. The van der Waals surface area contributed by atoms with Crippen LogP contribution in [0.25, 0.3) is 0 Å². The molecule has 0 unspecified atom stereocenters. The molecule has 5 heteroatoms. The molecule has 0 atom stereocenters. The fourth-order valence-corrected chi connectivity index (χ4v) is 1.05. The predicted molar refractivity (Wildman–Crippen MR) is 58.1 cm³/mol. The minimum atomic E-state index is -0.424. The summed E-state index contributed by atoms with van der Waals surface area (Å²) in [6.45, 7) is 2.54. The molecule has 1 aromatic carbocycles. The van der Waals surface area contributed by atoms with Crippen LogP contribution in [0.5, 0.6) is 0 Å². The number of anilines is 2. The first-order chi connectivity index (χ1) is 7.13. The van der Waals surface area contributed by atoms with Crippen LogP contribution in [0.2, 0.25) is 0 Å². The van der Waals surface area contributed by atoms with Gasteiger partial charge in [-0.2, -0.15) is 0 Å². The lowest BCUT2D eigenvalue weighted by atomic mass is 10.2. The van der Waals surface area contributed by atoms with Crippen LogP contribution >= 0.6 is 0 Å². The Labute approximate surface area is 87.7 Å². The van der Waals surface area contributed by atoms with Crippen LogP contribution in [-0.2, 0) is 0 Å². The molecule has 0 fully saturated rings. The minimum absolute atomic E-state index is 0.210.